The van der Waals surface area contributed by atoms with Crippen LogP contribution in [0.2, 0.25) is 0 Å². The fourth-order valence-corrected chi connectivity index (χ4v) is 2.60. The number of carboxylic acids is 1. The molecule has 1 amide bonds. The molecule has 0 aromatic rings. The predicted octanol–water partition coefficient (Wildman–Crippen LogP) is 1.09. The topological polar surface area (TPSA) is 69.6 Å². The molecular weight excluding hydrogens is 244 g/mol. The molecule has 1 heterocycles. The highest BCUT2D eigenvalue weighted by atomic mass is 16.4. The number of aliphatic carboxylic acids is 1. The van der Waals surface area contributed by atoms with Crippen molar-refractivity contribution in [1.29, 1.82) is 0 Å². The summed E-state index contributed by atoms with van der Waals surface area (Å²) in [5, 5.41) is 12.5. The van der Waals surface area contributed by atoms with E-state index >= 15 is 0 Å². The van der Waals surface area contributed by atoms with Gasteiger partial charge >= 0.3 is 5.97 Å². The summed E-state index contributed by atoms with van der Waals surface area (Å²) in [5.74, 6) is -0.621. The van der Waals surface area contributed by atoms with Gasteiger partial charge in [0.05, 0.1) is 12.0 Å². The van der Waals surface area contributed by atoms with Gasteiger partial charge in [0.2, 0.25) is 5.91 Å². The summed E-state index contributed by atoms with van der Waals surface area (Å²) < 4.78 is 0. The third-order valence-electron chi connectivity index (χ3n) is 4.47. The molecule has 0 bridgehead atoms. The third kappa shape index (κ3) is 3.47. The fraction of sp³-hybridized carbons (Fsp3) is 0.857. The number of hydrogen-bond acceptors (Lipinski definition) is 3. The van der Waals surface area contributed by atoms with Gasteiger partial charge in [0, 0.05) is 19.1 Å². The normalized spacial score (nSPS) is 24.3. The van der Waals surface area contributed by atoms with Crippen molar-refractivity contribution >= 4 is 11.9 Å². The van der Waals surface area contributed by atoms with Crippen molar-refractivity contribution in [2.45, 2.75) is 45.6 Å². The van der Waals surface area contributed by atoms with E-state index in [9.17, 15) is 14.7 Å². The molecule has 5 heteroatoms. The zero-order valence-electron chi connectivity index (χ0n) is 11.8. The van der Waals surface area contributed by atoms with E-state index < -0.39 is 11.4 Å². The van der Waals surface area contributed by atoms with Crippen LogP contribution >= 0.6 is 0 Å². The Morgan fingerprint density at radius 2 is 2.00 bits per heavy atom. The number of nitrogens with zero attached hydrogens (tertiary/aromatic N) is 1. The number of likely N-dealkylation sites (tertiary alicyclic amines) is 1. The summed E-state index contributed by atoms with van der Waals surface area (Å²) in [6.45, 7) is 5.25. The van der Waals surface area contributed by atoms with Crippen LogP contribution in [0.25, 0.3) is 0 Å². The molecule has 0 radical (unpaired) electrons. The van der Waals surface area contributed by atoms with E-state index in [-0.39, 0.29) is 11.8 Å². The SMILES string of the molecule is CC(C)(C(=O)O)C1CCCN(C(=O)CNC2CC2)C1. The van der Waals surface area contributed by atoms with E-state index in [4.69, 9.17) is 0 Å². The van der Waals surface area contributed by atoms with Crippen molar-refractivity contribution < 1.29 is 14.7 Å². The van der Waals surface area contributed by atoms with E-state index in [1.165, 1.54) is 12.8 Å². The van der Waals surface area contributed by atoms with E-state index in [1.807, 2.05) is 4.90 Å². The lowest BCUT2D eigenvalue weighted by Gasteiger charge is -2.39. The number of carbonyl (C=O) groups excluding carboxylic acids is 1. The first-order valence-corrected chi connectivity index (χ1v) is 7.16. The first-order valence-electron chi connectivity index (χ1n) is 7.16. The molecule has 5 nitrogen and oxygen atoms in total. The predicted molar refractivity (Wildman–Crippen MR) is 71.7 cm³/mol. The van der Waals surface area contributed by atoms with Gasteiger partial charge in [-0.15, -0.1) is 0 Å². The van der Waals surface area contributed by atoms with Crippen molar-refractivity contribution in [3.63, 3.8) is 0 Å². The summed E-state index contributed by atoms with van der Waals surface area (Å²) in [6.07, 6.45) is 4.12. The number of rotatable bonds is 5. The number of amides is 1. The summed E-state index contributed by atoms with van der Waals surface area (Å²) in [6, 6.07) is 0.528. The molecule has 1 saturated carbocycles. The lowest BCUT2D eigenvalue weighted by Crippen LogP contribution is -2.49. The minimum absolute atomic E-state index is 0.0450. The van der Waals surface area contributed by atoms with Gasteiger partial charge in [0.1, 0.15) is 0 Å². The minimum Gasteiger partial charge on any atom is -0.481 e. The van der Waals surface area contributed by atoms with E-state index in [1.54, 1.807) is 13.8 Å². The Morgan fingerprint density at radius 3 is 2.58 bits per heavy atom. The van der Waals surface area contributed by atoms with E-state index in [0.717, 1.165) is 19.4 Å². The Balaban J connectivity index is 1.88. The second-order valence-corrected chi connectivity index (χ2v) is 6.36. The Labute approximate surface area is 114 Å². The van der Waals surface area contributed by atoms with Crippen molar-refractivity contribution in [3.8, 4) is 0 Å². The molecule has 1 atom stereocenters. The number of piperidine rings is 1. The molecule has 2 fully saturated rings. The first-order chi connectivity index (χ1) is 8.91. The highest BCUT2D eigenvalue weighted by Crippen LogP contribution is 2.34. The van der Waals surface area contributed by atoms with Crippen molar-refractivity contribution in [2.24, 2.45) is 11.3 Å². The molecule has 0 aromatic heterocycles. The fourth-order valence-electron chi connectivity index (χ4n) is 2.60. The van der Waals surface area contributed by atoms with Gasteiger partial charge in [-0.1, -0.05) is 0 Å². The average Bonchev–Trinajstić information content (AvgIpc) is 3.20. The van der Waals surface area contributed by atoms with Gasteiger partial charge in [-0.2, -0.15) is 0 Å². The van der Waals surface area contributed by atoms with Gasteiger partial charge in [-0.25, -0.2) is 0 Å². The smallest absolute Gasteiger partial charge is 0.309 e. The van der Waals surface area contributed by atoms with Crippen LogP contribution in [0.15, 0.2) is 0 Å². The van der Waals surface area contributed by atoms with Crippen LogP contribution in [-0.2, 0) is 9.59 Å². The van der Waals surface area contributed by atoms with E-state index in [2.05, 4.69) is 5.32 Å². The molecule has 0 spiro atoms. The maximum atomic E-state index is 12.1. The molecule has 1 aliphatic heterocycles. The van der Waals surface area contributed by atoms with Crippen molar-refractivity contribution in [2.75, 3.05) is 19.6 Å². The molecule has 0 aromatic carbocycles. The second kappa shape index (κ2) is 5.49. The zero-order chi connectivity index (χ0) is 14.0. The molecule has 19 heavy (non-hydrogen) atoms. The summed E-state index contributed by atoms with van der Waals surface area (Å²) >= 11 is 0. The molecule has 2 aliphatic rings. The first kappa shape index (κ1) is 14.3. The molecule has 2 rings (SSSR count). The number of carbonyl (C=O) groups is 2. The summed E-state index contributed by atoms with van der Waals surface area (Å²) in [7, 11) is 0. The number of hydrogen-bond donors (Lipinski definition) is 2. The standard InChI is InChI=1S/C14H24N2O3/c1-14(2,13(18)19)10-4-3-7-16(9-10)12(17)8-15-11-5-6-11/h10-11,15H,3-9H2,1-2H3,(H,18,19). The van der Waals surface area contributed by atoms with E-state index in [0.29, 0.717) is 19.1 Å². The highest BCUT2D eigenvalue weighted by molar-refractivity contribution is 5.79. The maximum Gasteiger partial charge on any atom is 0.309 e. The van der Waals surface area contributed by atoms with Crippen LogP contribution < -0.4 is 5.32 Å². The van der Waals surface area contributed by atoms with Gasteiger partial charge in [0.15, 0.2) is 0 Å². The number of nitrogens with one attached hydrogen (secondary N) is 1. The Hall–Kier alpha value is -1.10. The average molecular weight is 268 g/mol. The Bertz CT molecular complexity index is 364. The highest BCUT2D eigenvalue weighted by Gasteiger charge is 2.40. The van der Waals surface area contributed by atoms with Crippen LogP contribution in [-0.4, -0.2) is 47.6 Å². The van der Waals surface area contributed by atoms with Crippen molar-refractivity contribution in [3.05, 3.63) is 0 Å². The van der Waals surface area contributed by atoms with Crippen LogP contribution in [0.4, 0.5) is 0 Å². The van der Waals surface area contributed by atoms with Crippen molar-refractivity contribution in [1.82, 2.24) is 10.2 Å². The minimum atomic E-state index is -0.775. The Morgan fingerprint density at radius 1 is 1.32 bits per heavy atom. The van der Waals surface area contributed by atoms with Crippen LogP contribution in [0, 0.1) is 11.3 Å². The lowest BCUT2D eigenvalue weighted by atomic mass is 9.74. The van der Waals surface area contributed by atoms with Gasteiger partial charge < -0.3 is 15.3 Å². The number of carboxylic acid groups (broad SMARTS) is 1. The zero-order valence-corrected chi connectivity index (χ0v) is 11.8. The van der Waals surface area contributed by atoms with Gasteiger partial charge in [-0.3, -0.25) is 9.59 Å². The third-order valence-corrected chi connectivity index (χ3v) is 4.47. The quantitative estimate of drug-likeness (QED) is 0.783. The second-order valence-electron chi connectivity index (χ2n) is 6.36. The molecule has 1 saturated heterocycles. The summed E-state index contributed by atoms with van der Waals surface area (Å²) in [5.41, 5.74) is -0.761. The van der Waals surface area contributed by atoms with Gasteiger partial charge in [0.25, 0.3) is 0 Å². The maximum absolute atomic E-state index is 12.1. The molecular formula is C14H24N2O3. The summed E-state index contributed by atoms with van der Waals surface area (Å²) in [4.78, 5) is 25.2. The lowest BCUT2D eigenvalue weighted by molar-refractivity contribution is -0.153. The molecule has 1 unspecified atom stereocenters. The molecule has 2 N–H and O–H groups in total. The van der Waals surface area contributed by atoms with Crippen LogP contribution in [0.1, 0.15) is 39.5 Å². The monoisotopic (exact) mass is 268 g/mol. The van der Waals surface area contributed by atoms with Crippen LogP contribution in [0.3, 0.4) is 0 Å². The molecule has 1 aliphatic carbocycles. The largest absolute Gasteiger partial charge is 0.481 e. The molecule has 108 valence electrons. The van der Waals surface area contributed by atoms with Crippen LogP contribution in [0.5, 0.6) is 0 Å². The van der Waals surface area contributed by atoms with Gasteiger partial charge in [-0.05, 0) is 45.4 Å². The Kier molecular flexibility index (Phi) is 4.13.